The molecule has 1 N–H and O–H groups in total. The quantitative estimate of drug-likeness (QED) is 0.788. The molecule has 134 valence electrons. The van der Waals surface area contributed by atoms with Crippen LogP contribution in [0.15, 0.2) is 48.8 Å². The van der Waals surface area contributed by atoms with Gasteiger partial charge in [0.15, 0.2) is 0 Å². The summed E-state index contributed by atoms with van der Waals surface area (Å²) in [4.78, 5) is 22.4. The number of rotatable bonds is 3. The maximum Gasteiger partial charge on any atom is 0.227 e. The zero-order chi connectivity index (χ0) is 18.1. The third-order valence-electron chi connectivity index (χ3n) is 5.17. The third-order valence-corrected chi connectivity index (χ3v) is 5.17. The number of carbonyl (C=O) groups is 1. The lowest BCUT2D eigenvalue weighted by atomic mass is 10.0. The van der Waals surface area contributed by atoms with E-state index in [1.807, 2.05) is 42.3 Å². The zero-order valence-electron chi connectivity index (χ0n) is 15.1. The van der Waals surface area contributed by atoms with Crippen molar-refractivity contribution in [1.29, 1.82) is 0 Å². The molecule has 4 rings (SSSR count). The molecule has 1 fully saturated rings. The molecule has 5 nitrogen and oxygen atoms in total. The lowest BCUT2D eigenvalue weighted by molar-refractivity contribution is -0.143. The topological polar surface area (TPSA) is 58.2 Å². The number of nitrogens with one attached hydrogen (secondary N) is 1. The van der Waals surface area contributed by atoms with Gasteiger partial charge in [-0.15, -0.1) is 0 Å². The van der Waals surface area contributed by atoms with Crippen LogP contribution >= 0.6 is 0 Å². The van der Waals surface area contributed by atoms with Crippen LogP contribution in [0.1, 0.15) is 29.7 Å². The van der Waals surface area contributed by atoms with E-state index in [2.05, 4.69) is 29.0 Å². The highest BCUT2D eigenvalue weighted by Gasteiger charge is 2.31. The zero-order valence-corrected chi connectivity index (χ0v) is 15.1. The van der Waals surface area contributed by atoms with Gasteiger partial charge in [0.2, 0.25) is 5.91 Å². The number of hydrogen-bond donors (Lipinski definition) is 1. The minimum Gasteiger partial charge on any atom is -0.370 e. The SMILES string of the molecule is Cc1ccccc1[C@H]1CN(C(=O)Cc2c[nH]c3ncccc23)[C@H](C)CO1. The first-order valence-corrected chi connectivity index (χ1v) is 9.01. The van der Waals surface area contributed by atoms with Crippen LogP contribution in [0, 0.1) is 6.92 Å². The van der Waals surface area contributed by atoms with Gasteiger partial charge in [-0.2, -0.15) is 0 Å². The van der Waals surface area contributed by atoms with E-state index in [1.54, 1.807) is 6.20 Å². The monoisotopic (exact) mass is 349 g/mol. The second-order valence-corrected chi connectivity index (χ2v) is 6.96. The van der Waals surface area contributed by atoms with Gasteiger partial charge in [0.1, 0.15) is 11.8 Å². The summed E-state index contributed by atoms with van der Waals surface area (Å²) in [6.07, 6.45) is 3.94. The molecule has 2 aromatic heterocycles. The number of carbonyl (C=O) groups excluding carboxylic acids is 1. The summed E-state index contributed by atoms with van der Waals surface area (Å²) in [6, 6.07) is 12.2. The van der Waals surface area contributed by atoms with Crippen molar-refractivity contribution < 1.29 is 9.53 Å². The fourth-order valence-corrected chi connectivity index (χ4v) is 3.66. The normalized spacial score (nSPS) is 20.5. The average molecular weight is 349 g/mol. The number of hydrogen-bond acceptors (Lipinski definition) is 3. The van der Waals surface area contributed by atoms with Crippen molar-refractivity contribution in [2.24, 2.45) is 0 Å². The Bertz CT molecular complexity index is 934. The van der Waals surface area contributed by atoms with E-state index in [4.69, 9.17) is 4.74 Å². The highest BCUT2D eigenvalue weighted by atomic mass is 16.5. The van der Waals surface area contributed by atoms with E-state index in [9.17, 15) is 4.79 Å². The van der Waals surface area contributed by atoms with Gasteiger partial charge in [0.05, 0.1) is 25.6 Å². The maximum atomic E-state index is 13.0. The minimum absolute atomic E-state index is 0.0685. The Morgan fingerprint density at radius 2 is 2.15 bits per heavy atom. The number of fused-ring (bicyclic) bond motifs is 1. The first kappa shape index (κ1) is 16.8. The fourth-order valence-electron chi connectivity index (χ4n) is 3.66. The molecule has 3 heterocycles. The summed E-state index contributed by atoms with van der Waals surface area (Å²) in [5.41, 5.74) is 4.17. The predicted molar refractivity (Wildman–Crippen MR) is 101 cm³/mol. The number of aromatic amines is 1. The van der Waals surface area contributed by atoms with E-state index < -0.39 is 0 Å². The molecule has 1 aliphatic heterocycles. The lowest BCUT2D eigenvalue weighted by Gasteiger charge is -2.38. The van der Waals surface area contributed by atoms with Crippen molar-refractivity contribution in [1.82, 2.24) is 14.9 Å². The van der Waals surface area contributed by atoms with Gasteiger partial charge in [0, 0.05) is 17.8 Å². The fraction of sp³-hybridized carbons (Fsp3) is 0.333. The van der Waals surface area contributed by atoms with E-state index in [0.29, 0.717) is 19.6 Å². The van der Waals surface area contributed by atoms with Gasteiger partial charge in [-0.05, 0) is 42.7 Å². The molecule has 1 aliphatic rings. The Labute approximate surface area is 153 Å². The van der Waals surface area contributed by atoms with Crippen molar-refractivity contribution in [3.05, 3.63) is 65.5 Å². The Kier molecular flexibility index (Phi) is 4.47. The van der Waals surface area contributed by atoms with Crippen molar-refractivity contribution in [3.8, 4) is 0 Å². The highest BCUT2D eigenvalue weighted by molar-refractivity contribution is 5.87. The summed E-state index contributed by atoms with van der Waals surface area (Å²) in [5.74, 6) is 0.129. The molecule has 0 unspecified atom stereocenters. The van der Waals surface area contributed by atoms with Crippen LogP contribution in [-0.2, 0) is 16.0 Å². The number of aromatic nitrogens is 2. The van der Waals surface area contributed by atoms with Crippen molar-refractivity contribution in [2.45, 2.75) is 32.4 Å². The number of pyridine rings is 1. The molecular weight excluding hydrogens is 326 g/mol. The largest absolute Gasteiger partial charge is 0.370 e. The summed E-state index contributed by atoms with van der Waals surface area (Å²) in [6.45, 7) is 5.27. The van der Waals surface area contributed by atoms with Crippen LogP contribution < -0.4 is 0 Å². The van der Waals surface area contributed by atoms with Gasteiger partial charge < -0.3 is 14.6 Å². The highest BCUT2D eigenvalue weighted by Crippen LogP contribution is 2.28. The van der Waals surface area contributed by atoms with E-state index in [0.717, 1.165) is 22.2 Å². The van der Waals surface area contributed by atoms with Crippen LogP contribution in [0.4, 0.5) is 0 Å². The molecule has 0 bridgehead atoms. The molecule has 0 aliphatic carbocycles. The summed E-state index contributed by atoms with van der Waals surface area (Å²) >= 11 is 0. The number of nitrogens with zero attached hydrogens (tertiary/aromatic N) is 2. The number of H-pyrrole nitrogens is 1. The number of benzene rings is 1. The Hall–Kier alpha value is -2.66. The van der Waals surface area contributed by atoms with Crippen molar-refractivity contribution in [2.75, 3.05) is 13.2 Å². The van der Waals surface area contributed by atoms with Gasteiger partial charge in [-0.1, -0.05) is 24.3 Å². The molecule has 0 saturated carbocycles. The summed E-state index contributed by atoms with van der Waals surface area (Å²) in [7, 11) is 0. The number of amides is 1. The molecule has 1 aromatic carbocycles. The standard InChI is InChI=1S/C21H23N3O2/c1-14-6-3-4-7-17(14)19-12-24(15(2)13-26-19)20(25)10-16-11-23-21-18(16)8-5-9-22-21/h3-9,11,15,19H,10,12-13H2,1-2H3,(H,22,23)/t15-,19-/m1/s1. The van der Waals surface area contributed by atoms with Crippen molar-refractivity contribution in [3.63, 3.8) is 0 Å². The smallest absolute Gasteiger partial charge is 0.227 e. The average Bonchev–Trinajstić information content (AvgIpc) is 3.06. The molecule has 0 spiro atoms. The predicted octanol–water partition coefficient (Wildman–Crippen LogP) is 3.40. The first-order chi connectivity index (χ1) is 12.6. The van der Waals surface area contributed by atoms with Crippen LogP contribution in [0.5, 0.6) is 0 Å². The molecule has 5 heteroatoms. The van der Waals surface area contributed by atoms with Crippen LogP contribution in [0.3, 0.4) is 0 Å². The number of aryl methyl sites for hydroxylation is 1. The van der Waals surface area contributed by atoms with Crippen LogP contribution in [0.2, 0.25) is 0 Å². The second kappa shape index (κ2) is 6.92. The molecule has 2 atom stereocenters. The van der Waals surface area contributed by atoms with E-state index in [-0.39, 0.29) is 18.1 Å². The second-order valence-electron chi connectivity index (χ2n) is 6.96. The Balaban J connectivity index is 1.53. The lowest BCUT2D eigenvalue weighted by Crippen LogP contribution is -2.48. The number of ether oxygens (including phenoxy) is 1. The van der Waals surface area contributed by atoms with Crippen LogP contribution in [-0.4, -0.2) is 40.0 Å². The molecule has 1 saturated heterocycles. The van der Waals surface area contributed by atoms with Gasteiger partial charge in [0.25, 0.3) is 0 Å². The molecular formula is C21H23N3O2. The van der Waals surface area contributed by atoms with Crippen LogP contribution in [0.25, 0.3) is 11.0 Å². The molecule has 1 amide bonds. The summed E-state index contributed by atoms with van der Waals surface area (Å²) in [5, 5.41) is 1.01. The Morgan fingerprint density at radius 1 is 1.31 bits per heavy atom. The Morgan fingerprint density at radius 3 is 3.00 bits per heavy atom. The van der Waals surface area contributed by atoms with E-state index >= 15 is 0 Å². The van der Waals surface area contributed by atoms with E-state index in [1.165, 1.54) is 5.56 Å². The molecule has 3 aromatic rings. The first-order valence-electron chi connectivity index (χ1n) is 9.01. The third kappa shape index (κ3) is 3.10. The van der Waals surface area contributed by atoms with Gasteiger partial charge in [-0.25, -0.2) is 4.98 Å². The maximum absolute atomic E-state index is 13.0. The summed E-state index contributed by atoms with van der Waals surface area (Å²) < 4.78 is 6.03. The molecule has 26 heavy (non-hydrogen) atoms. The minimum atomic E-state index is -0.0685. The van der Waals surface area contributed by atoms with Gasteiger partial charge >= 0.3 is 0 Å². The van der Waals surface area contributed by atoms with Gasteiger partial charge in [-0.3, -0.25) is 4.79 Å². The number of morpholine rings is 1. The molecule has 0 radical (unpaired) electrons. The van der Waals surface area contributed by atoms with Crippen molar-refractivity contribution >= 4 is 16.9 Å².